The number of aliphatic hydroxyl groups is 1. The monoisotopic (exact) mass is 251 g/mol. The molecule has 4 heteroatoms. The Labute approximate surface area is 110 Å². The average Bonchev–Trinajstić information content (AvgIpc) is 2.39. The van der Waals surface area contributed by atoms with Crippen LogP contribution in [-0.2, 0) is 6.54 Å². The van der Waals surface area contributed by atoms with Crippen LogP contribution in [0.1, 0.15) is 25.8 Å². The summed E-state index contributed by atoms with van der Waals surface area (Å²) in [5, 5.41) is 13.2. The van der Waals surface area contributed by atoms with Crippen LogP contribution in [0.25, 0.3) is 0 Å². The molecule has 1 heterocycles. The van der Waals surface area contributed by atoms with Gasteiger partial charge in [0.2, 0.25) is 0 Å². The molecular formula is C14H25N3O. The highest BCUT2D eigenvalue weighted by Gasteiger charge is 2.10. The summed E-state index contributed by atoms with van der Waals surface area (Å²) in [7, 11) is 0. The van der Waals surface area contributed by atoms with Gasteiger partial charge >= 0.3 is 0 Å². The maximum Gasteiger partial charge on any atom is 0.0791 e. The van der Waals surface area contributed by atoms with Gasteiger partial charge in [0.1, 0.15) is 0 Å². The van der Waals surface area contributed by atoms with Crippen molar-refractivity contribution in [2.24, 2.45) is 0 Å². The van der Waals surface area contributed by atoms with E-state index in [9.17, 15) is 5.11 Å². The first-order valence-corrected chi connectivity index (χ1v) is 6.76. The molecule has 0 radical (unpaired) electrons. The van der Waals surface area contributed by atoms with Gasteiger partial charge in [0, 0.05) is 32.0 Å². The van der Waals surface area contributed by atoms with Gasteiger partial charge in [0.05, 0.1) is 6.10 Å². The SMILES string of the molecule is CCCNCC(O)CN(CC)Cc1ccncc1. The Kier molecular flexibility index (Phi) is 7.57. The smallest absolute Gasteiger partial charge is 0.0791 e. The standard InChI is InChI=1S/C14H25N3O/c1-3-7-16-10-14(18)12-17(4-2)11-13-5-8-15-9-6-13/h5-6,8-9,14,16,18H,3-4,7,10-12H2,1-2H3. The summed E-state index contributed by atoms with van der Waals surface area (Å²) < 4.78 is 0. The molecule has 0 bridgehead atoms. The second-order valence-corrected chi connectivity index (χ2v) is 4.54. The molecule has 0 aromatic carbocycles. The van der Waals surface area contributed by atoms with Crippen molar-refractivity contribution in [3.05, 3.63) is 30.1 Å². The third-order valence-corrected chi connectivity index (χ3v) is 2.88. The van der Waals surface area contributed by atoms with Crippen molar-refractivity contribution in [3.63, 3.8) is 0 Å². The molecule has 1 rings (SSSR count). The van der Waals surface area contributed by atoms with Crippen LogP contribution in [0.4, 0.5) is 0 Å². The third-order valence-electron chi connectivity index (χ3n) is 2.88. The van der Waals surface area contributed by atoms with Crippen molar-refractivity contribution in [2.45, 2.75) is 32.9 Å². The lowest BCUT2D eigenvalue weighted by Gasteiger charge is -2.23. The molecule has 1 aromatic heterocycles. The summed E-state index contributed by atoms with van der Waals surface area (Å²) in [4.78, 5) is 6.26. The molecule has 18 heavy (non-hydrogen) atoms. The fraction of sp³-hybridized carbons (Fsp3) is 0.643. The number of aliphatic hydroxyl groups excluding tert-OH is 1. The number of nitrogens with one attached hydrogen (secondary N) is 1. The highest BCUT2D eigenvalue weighted by molar-refractivity contribution is 5.09. The van der Waals surface area contributed by atoms with E-state index in [0.717, 1.165) is 26.1 Å². The highest BCUT2D eigenvalue weighted by atomic mass is 16.3. The number of hydrogen-bond acceptors (Lipinski definition) is 4. The lowest BCUT2D eigenvalue weighted by atomic mass is 10.2. The Hall–Kier alpha value is -0.970. The van der Waals surface area contributed by atoms with Crippen molar-refractivity contribution < 1.29 is 5.11 Å². The van der Waals surface area contributed by atoms with Gasteiger partial charge in [0.25, 0.3) is 0 Å². The third kappa shape index (κ3) is 6.10. The first-order chi connectivity index (χ1) is 8.76. The second kappa shape index (κ2) is 9.03. The number of nitrogens with zero attached hydrogens (tertiary/aromatic N) is 2. The first-order valence-electron chi connectivity index (χ1n) is 6.76. The molecule has 102 valence electrons. The predicted octanol–water partition coefficient (Wildman–Crippen LogP) is 1.26. The number of aromatic nitrogens is 1. The zero-order valence-electron chi connectivity index (χ0n) is 11.5. The Bertz CT molecular complexity index is 305. The zero-order valence-corrected chi connectivity index (χ0v) is 11.5. The summed E-state index contributed by atoms with van der Waals surface area (Å²) in [5.74, 6) is 0. The Morgan fingerprint density at radius 1 is 1.33 bits per heavy atom. The highest BCUT2D eigenvalue weighted by Crippen LogP contribution is 2.03. The summed E-state index contributed by atoms with van der Waals surface area (Å²) in [6, 6.07) is 4.04. The van der Waals surface area contributed by atoms with Crippen LogP contribution >= 0.6 is 0 Å². The molecule has 0 amide bonds. The average molecular weight is 251 g/mol. The van der Waals surface area contributed by atoms with Gasteiger partial charge in [0.15, 0.2) is 0 Å². The van der Waals surface area contributed by atoms with Gasteiger partial charge in [-0.3, -0.25) is 9.88 Å². The molecule has 0 aliphatic rings. The summed E-state index contributed by atoms with van der Waals surface area (Å²) in [5.41, 5.74) is 1.24. The molecule has 4 nitrogen and oxygen atoms in total. The lowest BCUT2D eigenvalue weighted by Crippen LogP contribution is -2.38. The molecule has 1 atom stereocenters. The minimum absolute atomic E-state index is 0.307. The molecule has 1 aromatic rings. The topological polar surface area (TPSA) is 48.4 Å². The van der Waals surface area contributed by atoms with E-state index in [0.29, 0.717) is 13.1 Å². The van der Waals surface area contributed by atoms with Crippen molar-refractivity contribution in [1.29, 1.82) is 0 Å². The van der Waals surface area contributed by atoms with Gasteiger partial charge in [-0.25, -0.2) is 0 Å². The van der Waals surface area contributed by atoms with Crippen molar-refractivity contribution >= 4 is 0 Å². The van der Waals surface area contributed by atoms with E-state index >= 15 is 0 Å². The van der Waals surface area contributed by atoms with Crippen molar-refractivity contribution in [2.75, 3.05) is 26.2 Å². The van der Waals surface area contributed by atoms with Gasteiger partial charge in [-0.15, -0.1) is 0 Å². The van der Waals surface area contributed by atoms with Gasteiger partial charge in [-0.1, -0.05) is 13.8 Å². The molecule has 0 saturated carbocycles. The number of likely N-dealkylation sites (N-methyl/N-ethyl adjacent to an activating group) is 1. The van der Waals surface area contributed by atoms with Crippen LogP contribution in [0.15, 0.2) is 24.5 Å². The second-order valence-electron chi connectivity index (χ2n) is 4.54. The normalized spacial score (nSPS) is 12.9. The quantitative estimate of drug-likeness (QED) is 0.649. The number of pyridine rings is 1. The summed E-state index contributed by atoms with van der Waals surface area (Å²) in [6.07, 6.45) is 4.41. The Balaban J connectivity index is 2.32. The van der Waals surface area contributed by atoms with E-state index in [1.165, 1.54) is 5.56 Å². The molecule has 0 fully saturated rings. The van der Waals surface area contributed by atoms with Crippen LogP contribution in [-0.4, -0.2) is 47.3 Å². The van der Waals surface area contributed by atoms with E-state index in [1.54, 1.807) is 0 Å². The van der Waals surface area contributed by atoms with Crippen LogP contribution in [0.3, 0.4) is 0 Å². The maximum atomic E-state index is 9.94. The molecule has 0 aliphatic carbocycles. The minimum atomic E-state index is -0.307. The lowest BCUT2D eigenvalue weighted by molar-refractivity contribution is 0.110. The maximum absolute atomic E-state index is 9.94. The fourth-order valence-electron chi connectivity index (χ4n) is 1.86. The molecule has 1 unspecified atom stereocenters. The van der Waals surface area contributed by atoms with Gasteiger partial charge in [-0.2, -0.15) is 0 Å². The van der Waals surface area contributed by atoms with E-state index in [2.05, 4.69) is 29.0 Å². The van der Waals surface area contributed by atoms with Gasteiger partial charge in [-0.05, 0) is 37.2 Å². The van der Waals surface area contributed by atoms with Gasteiger partial charge < -0.3 is 10.4 Å². The fourth-order valence-corrected chi connectivity index (χ4v) is 1.86. The Morgan fingerprint density at radius 3 is 2.67 bits per heavy atom. The largest absolute Gasteiger partial charge is 0.390 e. The first kappa shape index (κ1) is 15.1. The van der Waals surface area contributed by atoms with Crippen LogP contribution in [0, 0.1) is 0 Å². The Morgan fingerprint density at radius 2 is 2.06 bits per heavy atom. The van der Waals surface area contributed by atoms with Crippen LogP contribution in [0.5, 0.6) is 0 Å². The molecule has 0 aliphatic heterocycles. The molecule has 2 N–H and O–H groups in total. The van der Waals surface area contributed by atoms with E-state index in [4.69, 9.17) is 0 Å². The predicted molar refractivity (Wildman–Crippen MR) is 74.4 cm³/mol. The number of hydrogen-bond donors (Lipinski definition) is 2. The summed E-state index contributed by atoms with van der Waals surface area (Å²) >= 11 is 0. The van der Waals surface area contributed by atoms with Crippen LogP contribution in [0.2, 0.25) is 0 Å². The van der Waals surface area contributed by atoms with Crippen molar-refractivity contribution in [1.82, 2.24) is 15.2 Å². The van der Waals surface area contributed by atoms with Crippen molar-refractivity contribution in [3.8, 4) is 0 Å². The van der Waals surface area contributed by atoms with E-state index in [1.807, 2.05) is 24.5 Å². The minimum Gasteiger partial charge on any atom is -0.390 e. The number of rotatable bonds is 9. The zero-order chi connectivity index (χ0) is 13.2. The summed E-state index contributed by atoms with van der Waals surface area (Å²) in [6.45, 7) is 8.38. The molecule has 0 saturated heterocycles. The van der Waals surface area contributed by atoms with E-state index in [-0.39, 0.29) is 6.10 Å². The van der Waals surface area contributed by atoms with E-state index < -0.39 is 0 Å². The molecule has 0 spiro atoms. The van der Waals surface area contributed by atoms with Crippen LogP contribution < -0.4 is 5.32 Å². The molecular weight excluding hydrogens is 226 g/mol.